The van der Waals surface area contributed by atoms with E-state index in [1.54, 1.807) is 28.9 Å². The van der Waals surface area contributed by atoms with E-state index in [1.165, 1.54) is 0 Å². The molecule has 94 valence electrons. The number of hydrogen-bond donors (Lipinski definition) is 3. The van der Waals surface area contributed by atoms with Crippen LogP contribution in [0, 0.1) is 0 Å². The van der Waals surface area contributed by atoms with Crippen LogP contribution in [0.3, 0.4) is 0 Å². The first-order valence-electron chi connectivity index (χ1n) is 5.52. The molecule has 0 spiro atoms. The number of rotatable bonds is 4. The molecule has 0 fully saturated rings. The molecule has 0 aliphatic carbocycles. The number of amides is 1. The zero-order chi connectivity index (χ0) is 13.0. The third-order valence-electron chi connectivity index (χ3n) is 2.51. The predicted octanol–water partition coefficient (Wildman–Crippen LogP) is 0.636. The van der Waals surface area contributed by atoms with E-state index in [4.69, 9.17) is 5.84 Å². The first-order chi connectivity index (χ1) is 8.69. The second-order valence-corrected chi connectivity index (χ2v) is 3.89. The summed E-state index contributed by atoms with van der Waals surface area (Å²) in [5.41, 5.74) is 4.68. The van der Waals surface area contributed by atoms with Gasteiger partial charge in [-0.1, -0.05) is 0 Å². The highest BCUT2D eigenvalue weighted by molar-refractivity contribution is 5.94. The normalized spacial score (nSPS) is 10.1. The highest BCUT2D eigenvalue weighted by Crippen LogP contribution is 2.07. The molecule has 0 atom stereocenters. The summed E-state index contributed by atoms with van der Waals surface area (Å²) in [5.74, 6) is 5.12. The summed E-state index contributed by atoms with van der Waals surface area (Å²) in [7, 11) is 1.84. The molecule has 6 nitrogen and oxygen atoms in total. The highest BCUT2D eigenvalue weighted by atomic mass is 16.1. The van der Waals surface area contributed by atoms with Gasteiger partial charge in [-0.2, -0.15) is 5.10 Å². The first kappa shape index (κ1) is 12.1. The molecule has 0 saturated heterocycles. The van der Waals surface area contributed by atoms with E-state index in [0.717, 1.165) is 11.4 Å². The molecular formula is C12H15N5O. The molecule has 6 heteroatoms. The fraction of sp³-hybridized carbons (Fsp3) is 0.167. The molecule has 2 aromatic rings. The number of hydrogen-bond acceptors (Lipinski definition) is 4. The van der Waals surface area contributed by atoms with Crippen LogP contribution in [-0.4, -0.2) is 15.7 Å². The van der Waals surface area contributed by atoms with E-state index < -0.39 is 0 Å². The zero-order valence-corrected chi connectivity index (χ0v) is 10.1. The molecule has 0 aliphatic rings. The van der Waals surface area contributed by atoms with Gasteiger partial charge < -0.3 is 10.7 Å². The van der Waals surface area contributed by atoms with Crippen LogP contribution in [-0.2, 0) is 13.6 Å². The molecule has 0 bridgehead atoms. The second-order valence-electron chi connectivity index (χ2n) is 3.89. The Kier molecular flexibility index (Phi) is 3.59. The number of aryl methyl sites for hydroxylation is 1. The maximum absolute atomic E-state index is 11.8. The van der Waals surface area contributed by atoms with Gasteiger partial charge >= 0.3 is 0 Å². The van der Waals surface area contributed by atoms with Crippen LogP contribution >= 0.6 is 0 Å². The number of aromatic nitrogens is 2. The Labute approximate surface area is 105 Å². The Morgan fingerprint density at radius 3 is 2.61 bits per heavy atom. The number of benzene rings is 1. The fourth-order valence-electron chi connectivity index (χ4n) is 1.55. The summed E-state index contributed by atoms with van der Waals surface area (Å²) in [6.45, 7) is 0.413. The Balaban J connectivity index is 1.94. The van der Waals surface area contributed by atoms with Crippen molar-refractivity contribution in [3.05, 3.63) is 47.8 Å². The van der Waals surface area contributed by atoms with Crippen LogP contribution in [0.25, 0.3) is 0 Å². The van der Waals surface area contributed by atoms with Crippen molar-refractivity contribution in [2.75, 3.05) is 5.43 Å². The third-order valence-corrected chi connectivity index (χ3v) is 2.51. The minimum absolute atomic E-state index is 0.135. The number of anilines is 1. The molecule has 1 aromatic heterocycles. The zero-order valence-electron chi connectivity index (χ0n) is 10.1. The van der Waals surface area contributed by atoms with Crippen molar-refractivity contribution < 1.29 is 4.79 Å². The number of nitrogens with one attached hydrogen (secondary N) is 2. The minimum atomic E-state index is -0.135. The maximum atomic E-state index is 11.8. The van der Waals surface area contributed by atoms with Crippen LogP contribution in [0.5, 0.6) is 0 Å². The summed E-state index contributed by atoms with van der Waals surface area (Å²) in [5, 5.41) is 6.98. The minimum Gasteiger partial charge on any atom is -0.346 e. The lowest BCUT2D eigenvalue weighted by Crippen LogP contribution is -2.23. The van der Waals surface area contributed by atoms with E-state index >= 15 is 0 Å². The number of carbonyl (C=O) groups excluding carboxylic acids is 1. The molecule has 0 aliphatic heterocycles. The quantitative estimate of drug-likeness (QED) is 0.545. The summed E-state index contributed by atoms with van der Waals surface area (Å²) in [6, 6.07) is 8.78. The van der Waals surface area contributed by atoms with Gasteiger partial charge in [0.1, 0.15) is 0 Å². The van der Waals surface area contributed by atoms with Crippen molar-refractivity contribution in [2.45, 2.75) is 6.54 Å². The SMILES string of the molecule is Cn1ccc(CNC(=O)c2ccc(NN)cc2)n1. The van der Waals surface area contributed by atoms with E-state index in [0.29, 0.717) is 12.1 Å². The van der Waals surface area contributed by atoms with Gasteiger partial charge in [-0.15, -0.1) is 0 Å². The van der Waals surface area contributed by atoms with Gasteiger partial charge in [0.15, 0.2) is 0 Å². The van der Waals surface area contributed by atoms with Crippen LogP contribution < -0.4 is 16.6 Å². The van der Waals surface area contributed by atoms with Gasteiger partial charge in [0.25, 0.3) is 5.91 Å². The Bertz CT molecular complexity index is 532. The maximum Gasteiger partial charge on any atom is 0.251 e. The second kappa shape index (κ2) is 5.33. The largest absolute Gasteiger partial charge is 0.346 e. The van der Waals surface area contributed by atoms with Crippen LogP contribution in [0.4, 0.5) is 5.69 Å². The topological polar surface area (TPSA) is 85.0 Å². The van der Waals surface area contributed by atoms with Crippen molar-refractivity contribution in [3.8, 4) is 0 Å². The van der Waals surface area contributed by atoms with Crippen LogP contribution in [0.15, 0.2) is 36.5 Å². The predicted molar refractivity (Wildman–Crippen MR) is 68.6 cm³/mol. The Hall–Kier alpha value is -2.34. The van der Waals surface area contributed by atoms with Crippen LogP contribution in [0.2, 0.25) is 0 Å². The molecule has 1 amide bonds. The van der Waals surface area contributed by atoms with Gasteiger partial charge in [0.05, 0.1) is 12.2 Å². The summed E-state index contributed by atoms with van der Waals surface area (Å²) >= 11 is 0. The van der Waals surface area contributed by atoms with E-state index in [2.05, 4.69) is 15.8 Å². The number of nitrogen functional groups attached to an aromatic ring is 1. The van der Waals surface area contributed by atoms with Gasteiger partial charge in [0.2, 0.25) is 0 Å². The molecule has 1 heterocycles. The number of nitrogens with zero attached hydrogens (tertiary/aromatic N) is 2. The first-order valence-corrected chi connectivity index (χ1v) is 5.52. The fourth-order valence-corrected chi connectivity index (χ4v) is 1.55. The molecule has 0 saturated carbocycles. The van der Waals surface area contributed by atoms with E-state index in [9.17, 15) is 4.79 Å². The van der Waals surface area contributed by atoms with Gasteiger partial charge in [-0.25, -0.2) is 0 Å². The molecule has 1 aromatic carbocycles. The smallest absolute Gasteiger partial charge is 0.251 e. The molecule has 4 N–H and O–H groups in total. The Morgan fingerprint density at radius 1 is 1.33 bits per heavy atom. The molecule has 0 unspecified atom stereocenters. The number of hydrazine groups is 1. The van der Waals surface area contributed by atoms with Crippen molar-refractivity contribution in [2.24, 2.45) is 12.9 Å². The third kappa shape index (κ3) is 2.86. The molecule has 0 radical (unpaired) electrons. The molecular weight excluding hydrogens is 230 g/mol. The van der Waals surface area contributed by atoms with Crippen molar-refractivity contribution in [1.82, 2.24) is 15.1 Å². The standard InChI is InChI=1S/C12H15N5O/c1-17-7-6-11(16-17)8-14-12(18)9-2-4-10(15-13)5-3-9/h2-7,15H,8,13H2,1H3,(H,14,18). The van der Waals surface area contributed by atoms with E-state index in [-0.39, 0.29) is 5.91 Å². The Morgan fingerprint density at radius 2 is 2.06 bits per heavy atom. The van der Waals surface area contributed by atoms with Gasteiger partial charge in [0, 0.05) is 24.5 Å². The number of nitrogens with two attached hydrogens (primary N) is 1. The van der Waals surface area contributed by atoms with E-state index in [1.807, 2.05) is 19.3 Å². The average molecular weight is 245 g/mol. The summed E-state index contributed by atoms with van der Waals surface area (Å²) < 4.78 is 1.70. The molecule has 2 rings (SSSR count). The lowest BCUT2D eigenvalue weighted by Gasteiger charge is -2.04. The lowest BCUT2D eigenvalue weighted by molar-refractivity contribution is 0.0950. The summed E-state index contributed by atoms with van der Waals surface area (Å²) in [4.78, 5) is 11.8. The van der Waals surface area contributed by atoms with Crippen molar-refractivity contribution >= 4 is 11.6 Å². The highest BCUT2D eigenvalue weighted by Gasteiger charge is 2.05. The monoisotopic (exact) mass is 245 g/mol. The van der Waals surface area contributed by atoms with Gasteiger partial charge in [-0.05, 0) is 30.3 Å². The number of carbonyl (C=O) groups is 1. The van der Waals surface area contributed by atoms with Crippen molar-refractivity contribution in [3.63, 3.8) is 0 Å². The molecule has 18 heavy (non-hydrogen) atoms. The van der Waals surface area contributed by atoms with Crippen LogP contribution in [0.1, 0.15) is 16.1 Å². The summed E-state index contributed by atoms with van der Waals surface area (Å²) in [6.07, 6.45) is 1.84. The van der Waals surface area contributed by atoms with Crippen molar-refractivity contribution in [1.29, 1.82) is 0 Å². The lowest BCUT2D eigenvalue weighted by atomic mass is 10.2. The average Bonchev–Trinajstić information content (AvgIpc) is 2.82. The van der Waals surface area contributed by atoms with Gasteiger partial charge in [-0.3, -0.25) is 15.3 Å².